The quantitative estimate of drug-likeness (QED) is 0.668. The number of Topliss-reactive ketones (excluding diaryl/α,β-unsaturated/α-hetero) is 1. The monoisotopic (exact) mass is 432 g/mol. The number of hydrogen-bond acceptors (Lipinski definition) is 4. The minimum atomic E-state index is -1.30. The molecule has 26 heavy (non-hydrogen) atoms. The number of alkyl halides is 1. The standard InChI is InChI=1S/C18H23BrF2N2O3/c1-10-12(20)8-14(23(10)17(25)26-18(2,3)4)15(24)6-5-11-7-16(19)22-9-13(11)21/h7,9-10,12,14H,5-6,8H2,1-4H3/t10-,12+,14-/m0/s1. The molecule has 3 atom stereocenters. The maximum absolute atomic E-state index is 14.2. The summed E-state index contributed by atoms with van der Waals surface area (Å²) in [6.07, 6.45) is -0.856. The lowest BCUT2D eigenvalue weighted by Gasteiger charge is -2.30. The Bertz CT molecular complexity index is 694. The minimum absolute atomic E-state index is 0.00320. The van der Waals surface area contributed by atoms with Crippen LogP contribution in [-0.2, 0) is 16.0 Å². The summed E-state index contributed by atoms with van der Waals surface area (Å²) in [5.41, 5.74) is -0.405. The molecule has 0 radical (unpaired) electrons. The molecular weight excluding hydrogens is 410 g/mol. The molecular formula is C18H23BrF2N2O3. The summed E-state index contributed by atoms with van der Waals surface area (Å²) >= 11 is 3.16. The molecule has 1 aliphatic rings. The van der Waals surface area contributed by atoms with Crippen LogP contribution in [0.2, 0.25) is 0 Å². The molecule has 1 fully saturated rings. The van der Waals surface area contributed by atoms with E-state index < -0.39 is 35.8 Å². The topological polar surface area (TPSA) is 59.5 Å². The number of halogens is 3. The molecule has 8 heteroatoms. The Labute approximate surface area is 160 Å². The molecule has 2 rings (SSSR count). The molecule has 1 saturated heterocycles. The fourth-order valence-electron chi connectivity index (χ4n) is 2.94. The second kappa shape index (κ2) is 7.98. The Kier molecular flexibility index (Phi) is 6.37. The zero-order chi connectivity index (χ0) is 19.6. The van der Waals surface area contributed by atoms with Crippen LogP contribution in [0.1, 0.15) is 46.1 Å². The Morgan fingerprint density at radius 3 is 2.69 bits per heavy atom. The van der Waals surface area contributed by atoms with Gasteiger partial charge in [-0.3, -0.25) is 9.69 Å². The largest absolute Gasteiger partial charge is 0.444 e. The van der Waals surface area contributed by atoms with Gasteiger partial charge in [0.1, 0.15) is 22.2 Å². The van der Waals surface area contributed by atoms with Crippen molar-refractivity contribution >= 4 is 27.8 Å². The average Bonchev–Trinajstić information content (AvgIpc) is 2.82. The Hall–Kier alpha value is -1.57. The van der Waals surface area contributed by atoms with Gasteiger partial charge in [0, 0.05) is 12.8 Å². The summed E-state index contributed by atoms with van der Waals surface area (Å²) in [4.78, 5) is 30.0. The van der Waals surface area contributed by atoms with Crippen LogP contribution in [0.4, 0.5) is 13.6 Å². The van der Waals surface area contributed by atoms with Crippen LogP contribution in [0.25, 0.3) is 0 Å². The molecule has 0 unspecified atom stereocenters. The van der Waals surface area contributed by atoms with Gasteiger partial charge in [-0.25, -0.2) is 18.6 Å². The predicted molar refractivity (Wildman–Crippen MR) is 96.1 cm³/mol. The lowest BCUT2D eigenvalue weighted by atomic mass is 10.0. The SMILES string of the molecule is C[C@H]1[C@H](F)C[C@@H](C(=O)CCc2cc(Br)ncc2F)N1C(=O)OC(C)(C)C. The van der Waals surface area contributed by atoms with Crippen molar-refractivity contribution in [2.24, 2.45) is 0 Å². The first-order chi connectivity index (χ1) is 12.0. The molecule has 1 aliphatic heterocycles. The van der Waals surface area contributed by atoms with Crippen LogP contribution in [0.15, 0.2) is 16.9 Å². The van der Waals surface area contributed by atoms with Crippen molar-refractivity contribution in [1.29, 1.82) is 0 Å². The van der Waals surface area contributed by atoms with Gasteiger partial charge in [0.25, 0.3) is 0 Å². The van der Waals surface area contributed by atoms with Gasteiger partial charge in [-0.1, -0.05) is 0 Å². The van der Waals surface area contributed by atoms with E-state index >= 15 is 0 Å². The molecule has 5 nitrogen and oxygen atoms in total. The van der Waals surface area contributed by atoms with E-state index in [4.69, 9.17) is 4.74 Å². The third-order valence-corrected chi connectivity index (χ3v) is 4.70. The van der Waals surface area contributed by atoms with Gasteiger partial charge >= 0.3 is 6.09 Å². The van der Waals surface area contributed by atoms with Crippen LogP contribution in [-0.4, -0.2) is 45.6 Å². The number of ether oxygens (including phenoxy) is 1. The smallest absolute Gasteiger partial charge is 0.411 e. The van der Waals surface area contributed by atoms with Crippen molar-refractivity contribution in [1.82, 2.24) is 9.88 Å². The molecule has 144 valence electrons. The highest BCUT2D eigenvalue weighted by Gasteiger charge is 2.46. The van der Waals surface area contributed by atoms with Gasteiger partial charge in [0.05, 0.1) is 18.3 Å². The zero-order valence-electron chi connectivity index (χ0n) is 15.3. The van der Waals surface area contributed by atoms with E-state index in [-0.39, 0.29) is 25.0 Å². The third-order valence-electron chi connectivity index (χ3n) is 4.26. The number of ketones is 1. The van der Waals surface area contributed by atoms with Crippen molar-refractivity contribution in [2.75, 3.05) is 0 Å². The minimum Gasteiger partial charge on any atom is -0.444 e. The molecule has 1 amide bonds. The molecule has 1 aromatic rings. The van der Waals surface area contributed by atoms with Crippen LogP contribution >= 0.6 is 15.9 Å². The number of nitrogens with zero attached hydrogens (tertiary/aromatic N) is 2. The predicted octanol–water partition coefficient (Wildman–Crippen LogP) is 4.22. The van der Waals surface area contributed by atoms with Gasteiger partial charge < -0.3 is 4.74 Å². The number of carbonyl (C=O) groups excluding carboxylic acids is 2. The number of pyridine rings is 1. The lowest BCUT2D eigenvalue weighted by Crippen LogP contribution is -2.47. The summed E-state index contributed by atoms with van der Waals surface area (Å²) in [5, 5.41) is 0. The van der Waals surface area contributed by atoms with Gasteiger partial charge in [0.2, 0.25) is 0 Å². The number of rotatable bonds is 4. The first-order valence-corrected chi connectivity index (χ1v) is 9.27. The summed E-state index contributed by atoms with van der Waals surface area (Å²) in [5.74, 6) is -0.816. The van der Waals surface area contributed by atoms with Gasteiger partial charge in [-0.2, -0.15) is 0 Å². The van der Waals surface area contributed by atoms with Crippen LogP contribution < -0.4 is 0 Å². The number of likely N-dealkylation sites (tertiary alicyclic amines) is 1. The van der Waals surface area contributed by atoms with Crippen LogP contribution in [0.3, 0.4) is 0 Å². The number of carbonyl (C=O) groups is 2. The molecule has 0 spiro atoms. The highest BCUT2D eigenvalue weighted by atomic mass is 79.9. The van der Waals surface area contributed by atoms with E-state index in [1.54, 1.807) is 27.7 Å². The summed E-state index contributed by atoms with van der Waals surface area (Å²) < 4.78 is 33.7. The molecule has 1 aromatic heterocycles. The average molecular weight is 433 g/mol. The van der Waals surface area contributed by atoms with Gasteiger partial charge in [-0.15, -0.1) is 0 Å². The van der Waals surface area contributed by atoms with Crippen molar-refractivity contribution in [2.45, 2.75) is 70.8 Å². The second-order valence-electron chi connectivity index (χ2n) is 7.46. The summed E-state index contributed by atoms with van der Waals surface area (Å²) in [6, 6.07) is -0.141. The highest BCUT2D eigenvalue weighted by Crippen LogP contribution is 2.30. The van der Waals surface area contributed by atoms with E-state index in [1.807, 2.05) is 0 Å². The second-order valence-corrected chi connectivity index (χ2v) is 8.27. The van der Waals surface area contributed by atoms with E-state index in [2.05, 4.69) is 20.9 Å². The lowest BCUT2D eigenvalue weighted by molar-refractivity contribution is -0.123. The Balaban J connectivity index is 2.10. The summed E-state index contributed by atoms with van der Waals surface area (Å²) in [6.45, 7) is 6.68. The molecule has 0 saturated carbocycles. The highest BCUT2D eigenvalue weighted by molar-refractivity contribution is 9.10. The van der Waals surface area contributed by atoms with E-state index in [9.17, 15) is 18.4 Å². The molecule has 0 N–H and O–H groups in total. The van der Waals surface area contributed by atoms with Crippen LogP contribution in [0.5, 0.6) is 0 Å². The van der Waals surface area contributed by atoms with Crippen LogP contribution in [0, 0.1) is 5.82 Å². The molecule has 0 aliphatic carbocycles. The summed E-state index contributed by atoms with van der Waals surface area (Å²) in [7, 11) is 0. The number of aromatic nitrogens is 1. The first-order valence-electron chi connectivity index (χ1n) is 8.47. The Morgan fingerprint density at radius 2 is 2.08 bits per heavy atom. The van der Waals surface area contributed by atoms with Crippen molar-refractivity contribution in [3.8, 4) is 0 Å². The maximum Gasteiger partial charge on any atom is 0.411 e. The van der Waals surface area contributed by atoms with E-state index in [1.165, 1.54) is 11.0 Å². The first kappa shape index (κ1) is 20.7. The van der Waals surface area contributed by atoms with Crippen molar-refractivity contribution < 1.29 is 23.1 Å². The normalized spacial score (nSPS) is 23.2. The number of aryl methyl sites for hydroxylation is 1. The fourth-order valence-corrected chi connectivity index (χ4v) is 3.32. The molecule has 0 aromatic carbocycles. The molecule has 0 bridgehead atoms. The van der Waals surface area contributed by atoms with Crippen molar-refractivity contribution in [3.63, 3.8) is 0 Å². The van der Waals surface area contributed by atoms with Crippen molar-refractivity contribution in [3.05, 3.63) is 28.2 Å². The zero-order valence-corrected chi connectivity index (χ0v) is 16.8. The van der Waals surface area contributed by atoms with Gasteiger partial charge in [-0.05, 0) is 61.7 Å². The maximum atomic E-state index is 14.2. The van der Waals surface area contributed by atoms with E-state index in [0.29, 0.717) is 10.2 Å². The fraction of sp³-hybridized carbons (Fsp3) is 0.611. The van der Waals surface area contributed by atoms with E-state index in [0.717, 1.165) is 6.20 Å². The van der Waals surface area contributed by atoms with Gasteiger partial charge in [0.15, 0.2) is 5.78 Å². The number of hydrogen-bond donors (Lipinski definition) is 0. The Morgan fingerprint density at radius 1 is 1.42 bits per heavy atom. The molecule has 2 heterocycles. The third kappa shape index (κ3) is 4.99. The number of amides is 1.